The minimum absolute atomic E-state index is 0.0434. The predicted molar refractivity (Wildman–Crippen MR) is 54.8 cm³/mol. The van der Waals surface area contributed by atoms with Crippen LogP contribution in [0, 0.1) is 5.92 Å². The summed E-state index contributed by atoms with van der Waals surface area (Å²) >= 11 is 0. The summed E-state index contributed by atoms with van der Waals surface area (Å²) < 4.78 is 4.79. The number of nitrogens with zero attached hydrogens (tertiary/aromatic N) is 1. The molecular formula is C10H14N2O4. The fourth-order valence-electron chi connectivity index (χ4n) is 1.61. The van der Waals surface area contributed by atoms with Crippen molar-refractivity contribution in [2.45, 2.75) is 13.8 Å². The van der Waals surface area contributed by atoms with Gasteiger partial charge in [-0.2, -0.15) is 0 Å². The van der Waals surface area contributed by atoms with Crippen LogP contribution in [0.2, 0.25) is 0 Å². The molecule has 0 saturated carbocycles. The van der Waals surface area contributed by atoms with E-state index < -0.39 is 23.7 Å². The standard InChI is InChI=1S/C10H14N2O4/c1-4-16-10(15)6-5(2)12(3)9(14)7(6)8(11)13/h7H,4H2,1-3H3,(H2,11,13). The van der Waals surface area contributed by atoms with Crippen molar-refractivity contribution in [1.29, 1.82) is 0 Å². The Morgan fingerprint density at radius 1 is 1.50 bits per heavy atom. The second kappa shape index (κ2) is 4.34. The monoisotopic (exact) mass is 226 g/mol. The van der Waals surface area contributed by atoms with E-state index in [0.717, 1.165) is 0 Å². The fraction of sp³-hybridized carbons (Fsp3) is 0.500. The predicted octanol–water partition coefficient (Wildman–Crippen LogP) is -0.603. The number of ether oxygens (including phenoxy) is 1. The lowest BCUT2D eigenvalue weighted by atomic mass is 10.00. The third kappa shape index (κ3) is 1.78. The maximum absolute atomic E-state index is 11.7. The van der Waals surface area contributed by atoms with Gasteiger partial charge in [0.1, 0.15) is 0 Å². The minimum atomic E-state index is -1.22. The van der Waals surface area contributed by atoms with Crippen LogP contribution in [-0.2, 0) is 19.1 Å². The maximum Gasteiger partial charge on any atom is 0.337 e. The third-order valence-electron chi connectivity index (χ3n) is 2.54. The van der Waals surface area contributed by atoms with E-state index in [2.05, 4.69) is 0 Å². The zero-order valence-electron chi connectivity index (χ0n) is 9.44. The van der Waals surface area contributed by atoms with Gasteiger partial charge in [0.05, 0.1) is 12.2 Å². The molecule has 0 aromatic heterocycles. The lowest BCUT2D eigenvalue weighted by Gasteiger charge is -2.10. The number of carbonyl (C=O) groups is 3. The van der Waals surface area contributed by atoms with Crippen molar-refractivity contribution in [3.8, 4) is 0 Å². The Kier molecular flexibility index (Phi) is 3.31. The Bertz CT molecular complexity index is 386. The van der Waals surface area contributed by atoms with Crippen LogP contribution in [0.5, 0.6) is 0 Å². The molecule has 0 fully saturated rings. The lowest BCUT2D eigenvalue weighted by Crippen LogP contribution is -2.35. The molecule has 0 aromatic rings. The van der Waals surface area contributed by atoms with E-state index >= 15 is 0 Å². The summed E-state index contributed by atoms with van der Waals surface area (Å²) in [7, 11) is 1.49. The van der Waals surface area contributed by atoms with Gasteiger partial charge in [-0.25, -0.2) is 4.79 Å². The normalized spacial score (nSPS) is 20.3. The summed E-state index contributed by atoms with van der Waals surface area (Å²) in [6.07, 6.45) is 0. The average Bonchev–Trinajstić information content (AvgIpc) is 2.43. The van der Waals surface area contributed by atoms with Crippen LogP contribution >= 0.6 is 0 Å². The molecule has 0 bridgehead atoms. The number of hydrogen-bond donors (Lipinski definition) is 1. The molecule has 0 spiro atoms. The van der Waals surface area contributed by atoms with Gasteiger partial charge in [-0.15, -0.1) is 0 Å². The maximum atomic E-state index is 11.7. The van der Waals surface area contributed by atoms with E-state index in [1.807, 2.05) is 0 Å². The molecule has 1 heterocycles. The summed E-state index contributed by atoms with van der Waals surface area (Å²) in [5.41, 5.74) is 5.56. The van der Waals surface area contributed by atoms with E-state index in [9.17, 15) is 14.4 Å². The van der Waals surface area contributed by atoms with E-state index in [4.69, 9.17) is 10.5 Å². The smallest absolute Gasteiger partial charge is 0.337 e. The highest BCUT2D eigenvalue weighted by Gasteiger charge is 2.43. The van der Waals surface area contributed by atoms with Gasteiger partial charge in [0.15, 0.2) is 5.92 Å². The molecule has 1 atom stereocenters. The Morgan fingerprint density at radius 3 is 2.50 bits per heavy atom. The molecule has 2 N–H and O–H groups in total. The first kappa shape index (κ1) is 12.2. The number of carbonyl (C=O) groups excluding carboxylic acids is 3. The van der Waals surface area contributed by atoms with Gasteiger partial charge in [-0.3, -0.25) is 9.59 Å². The van der Waals surface area contributed by atoms with Crippen LogP contribution in [0.25, 0.3) is 0 Å². The van der Waals surface area contributed by atoms with Crippen LogP contribution in [-0.4, -0.2) is 36.3 Å². The first-order valence-corrected chi connectivity index (χ1v) is 4.86. The van der Waals surface area contributed by atoms with Crippen molar-refractivity contribution in [2.75, 3.05) is 13.7 Å². The molecule has 0 saturated heterocycles. The first-order valence-electron chi connectivity index (χ1n) is 4.86. The molecule has 1 rings (SSSR count). The van der Waals surface area contributed by atoms with Crippen molar-refractivity contribution in [1.82, 2.24) is 4.90 Å². The van der Waals surface area contributed by atoms with Crippen LogP contribution < -0.4 is 5.73 Å². The fourth-order valence-corrected chi connectivity index (χ4v) is 1.61. The van der Waals surface area contributed by atoms with E-state index in [1.54, 1.807) is 13.8 Å². The van der Waals surface area contributed by atoms with Crippen molar-refractivity contribution in [2.24, 2.45) is 11.7 Å². The van der Waals surface area contributed by atoms with E-state index in [1.165, 1.54) is 11.9 Å². The second-order valence-corrected chi connectivity index (χ2v) is 3.45. The number of rotatable bonds is 3. The Balaban J connectivity index is 3.15. The van der Waals surface area contributed by atoms with Gasteiger partial charge in [-0.05, 0) is 13.8 Å². The van der Waals surface area contributed by atoms with Gasteiger partial charge >= 0.3 is 5.97 Å². The second-order valence-electron chi connectivity index (χ2n) is 3.45. The molecule has 1 aliphatic heterocycles. The van der Waals surface area contributed by atoms with Crippen LogP contribution in [0.15, 0.2) is 11.3 Å². The molecule has 0 radical (unpaired) electrons. The zero-order chi connectivity index (χ0) is 12.5. The summed E-state index contributed by atoms with van der Waals surface area (Å²) in [6, 6.07) is 0. The third-order valence-corrected chi connectivity index (χ3v) is 2.54. The molecule has 2 amide bonds. The highest BCUT2D eigenvalue weighted by Crippen LogP contribution is 2.28. The van der Waals surface area contributed by atoms with Crippen LogP contribution in [0.3, 0.4) is 0 Å². The molecule has 0 aromatic carbocycles. The van der Waals surface area contributed by atoms with E-state index in [0.29, 0.717) is 5.70 Å². The van der Waals surface area contributed by atoms with Gasteiger partial charge in [0.2, 0.25) is 11.8 Å². The summed E-state index contributed by atoms with van der Waals surface area (Å²) in [6.45, 7) is 3.40. The summed E-state index contributed by atoms with van der Waals surface area (Å²) in [5.74, 6) is -3.21. The van der Waals surface area contributed by atoms with Gasteiger partial charge in [-0.1, -0.05) is 0 Å². The topological polar surface area (TPSA) is 89.7 Å². The van der Waals surface area contributed by atoms with Gasteiger partial charge < -0.3 is 15.4 Å². The summed E-state index contributed by atoms with van der Waals surface area (Å²) in [5, 5.41) is 0. The highest BCUT2D eigenvalue weighted by atomic mass is 16.5. The highest BCUT2D eigenvalue weighted by molar-refractivity contribution is 6.13. The van der Waals surface area contributed by atoms with Crippen molar-refractivity contribution < 1.29 is 19.1 Å². The van der Waals surface area contributed by atoms with Crippen LogP contribution in [0.1, 0.15) is 13.8 Å². The molecule has 0 aliphatic carbocycles. The van der Waals surface area contributed by atoms with Gasteiger partial charge in [0.25, 0.3) is 0 Å². The SMILES string of the molecule is CCOC(=O)C1=C(C)N(C)C(=O)C1C(N)=O. The quantitative estimate of drug-likeness (QED) is 0.514. The van der Waals surface area contributed by atoms with Crippen molar-refractivity contribution >= 4 is 17.8 Å². The number of amides is 2. The number of hydrogen-bond acceptors (Lipinski definition) is 4. The first-order chi connectivity index (χ1) is 7.41. The Labute approximate surface area is 93.0 Å². The lowest BCUT2D eigenvalue weighted by molar-refractivity contribution is -0.143. The Hall–Kier alpha value is -1.85. The van der Waals surface area contributed by atoms with Crippen LogP contribution in [0.4, 0.5) is 0 Å². The zero-order valence-corrected chi connectivity index (χ0v) is 9.44. The molecular weight excluding hydrogens is 212 g/mol. The molecule has 1 aliphatic rings. The minimum Gasteiger partial charge on any atom is -0.463 e. The van der Waals surface area contributed by atoms with Crippen molar-refractivity contribution in [3.05, 3.63) is 11.3 Å². The molecule has 6 nitrogen and oxygen atoms in total. The largest absolute Gasteiger partial charge is 0.463 e. The Morgan fingerprint density at radius 2 is 2.06 bits per heavy atom. The van der Waals surface area contributed by atoms with E-state index in [-0.39, 0.29) is 12.2 Å². The molecule has 16 heavy (non-hydrogen) atoms. The number of nitrogens with two attached hydrogens (primary N) is 1. The van der Waals surface area contributed by atoms with Crippen molar-refractivity contribution in [3.63, 3.8) is 0 Å². The summed E-state index contributed by atoms with van der Waals surface area (Å²) in [4.78, 5) is 35.6. The molecule has 1 unspecified atom stereocenters. The molecule has 6 heteroatoms. The number of primary amides is 1. The average molecular weight is 226 g/mol. The van der Waals surface area contributed by atoms with Gasteiger partial charge in [0, 0.05) is 12.7 Å². The molecule has 88 valence electrons. The number of esters is 1. The number of allylic oxidation sites excluding steroid dienone is 1.